The van der Waals surface area contributed by atoms with Crippen LogP contribution in [0, 0.1) is 11.8 Å². The zero-order valence-electron chi connectivity index (χ0n) is 8.09. The maximum Gasteiger partial charge on any atom is 0.306 e. The van der Waals surface area contributed by atoms with Crippen LogP contribution in [0.25, 0.3) is 0 Å². The van der Waals surface area contributed by atoms with Gasteiger partial charge in [-0.3, -0.25) is 4.79 Å². The van der Waals surface area contributed by atoms with Crippen molar-refractivity contribution >= 4 is 21.9 Å². The van der Waals surface area contributed by atoms with Crippen molar-refractivity contribution in [3.05, 3.63) is 0 Å². The first-order valence-corrected chi connectivity index (χ1v) is 6.11. The highest BCUT2D eigenvalue weighted by Crippen LogP contribution is 2.42. The number of ether oxygens (including phenoxy) is 1. The van der Waals surface area contributed by atoms with Gasteiger partial charge in [0.25, 0.3) is 0 Å². The Hall–Kier alpha value is -0.0500. The normalized spacial score (nSPS) is 25.7. The quantitative estimate of drug-likeness (QED) is 0.411. The average molecular weight is 249 g/mol. The van der Waals surface area contributed by atoms with E-state index in [0.717, 1.165) is 24.1 Å². The van der Waals surface area contributed by atoms with Crippen LogP contribution < -0.4 is 0 Å². The van der Waals surface area contributed by atoms with E-state index in [9.17, 15) is 4.79 Å². The number of hydrogen-bond donors (Lipinski definition) is 0. The molecule has 0 radical (unpaired) electrons. The summed E-state index contributed by atoms with van der Waals surface area (Å²) in [6.45, 7) is 2.69. The van der Waals surface area contributed by atoms with Crippen molar-refractivity contribution in [2.24, 2.45) is 11.8 Å². The summed E-state index contributed by atoms with van der Waals surface area (Å²) in [5.41, 5.74) is 0. The fourth-order valence-electron chi connectivity index (χ4n) is 1.35. The van der Waals surface area contributed by atoms with Crippen LogP contribution in [0.15, 0.2) is 0 Å². The molecule has 1 aliphatic carbocycles. The van der Waals surface area contributed by atoms with Crippen LogP contribution in [0.5, 0.6) is 0 Å². The molecule has 76 valence electrons. The molecule has 2 nitrogen and oxygen atoms in total. The molecule has 0 amide bonds. The first kappa shape index (κ1) is 11.0. The van der Waals surface area contributed by atoms with Crippen LogP contribution in [0.3, 0.4) is 0 Å². The molecule has 2 atom stereocenters. The molecule has 0 aromatic heterocycles. The Morgan fingerprint density at radius 3 is 2.85 bits per heavy atom. The maximum absolute atomic E-state index is 11.2. The predicted molar refractivity (Wildman–Crippen MR) is 55.9 cm³/mol. The molecule has 0 heterocycles. The van der Waals surface area contributed by atoms with Crippen LogP contribution in [0.1, 0.15) is 32.6 Å². The molecule has 0 aromatic rings. The molecular weight excluding hydrogens is 232 g/mol. The Morgan fingerprint density at radius 1 is 1.54 bits per heavy atom. The standard InChI is InChI=1S/C10H17BrO2/c1-2-3-4-13-10(12)6-8-5-9(8)7-11/h8-9H,2-7H2,1H3. The van der Waals surface area contributed by atoms with Gasteiger partial charge in [-0.1, -0.05) is 29.3 Å². The number of unbranched alkanes of at least 4 members (excludes halogenated alkanes) is 1. The molecular formula is C10H17BrO2. The van der Waals surface area contributed by atoms with Crippen LogP contribution in [-0.4, -0.2) is 17.9 Å². The third kappa shape index (κ3) is 4.12. The van der Waals surface area contributed by atoms with Crippen molar-refractivity contribution in [2.45, 2.75) is 32.6 Å². The second-order valence-corrected chi connectivity index (χ2v) is 4.34. The topological polar surface area (TPSA) is 26.3 Å². The van der Waals surface area contributed by atoms with Gasteiger partial charge in [-0.2, -0.15) is 0 Å². The summed E-state index contributed by atoms with van der Waals surface area (Å²) in [6, 6.07) is 0. The Morgan fingerprint density at radius 2 is 2.31 bits per heavy atom. The largest absolute Gasteiger partial charge is 0.466 e. The number of alkyl halides is 1. The lowest BCUT2D eigenvalue weighted by Crippen LogP contribution is -2.07. The van der Waals surface area contributed by atoms with Gasteiger partial charge in [0.15, 0.2) is 0 Å². The average Bonchev–Trinajstić information content (AvgIpc) is 2.84. The lowest BCUT2D eigenvalue weighted by Gasteiger charge is -2.02. The van der Waals surface area contributed by atoms with E-state index in [1.165, 1.54) is 6.42 Å². The molecule has 0 aliphatic heterocycles. The van der Waals surface area contributed by atoms with Gasteiger partial charge < -0.3 is 4.74 Å². The lowest BCUT2D eigenvalue weighted by molar-refractivity contribution is -0.144. The molecule has 2 unspecified atom stereocenters. The molecule has 1 aliphatic rings. The molecule has 1 rings (SSSR count). The molecule has 0 spiro atoms. The predicted octanol–water partition coefficient (Wildman–Crippen LogP) is 2.75. The minimum Gasteiger partial charge on any atom is -0.466 e. The van der Waals surface area contributed by atoms with Crippen LogP contribution in [-0.2, 0) is 9.53 Å². The van der Waals surface area contributed by atoms with Crippen LogP contribution >= 0.6 is 15.9 Å². The maximum atomic E-state index is 11.2. The molecule has 1 fully saturated rings. The minimum atomic E-state index is -0.0121. The van der Waals surface area contributed by atoms with Crippen molar-refractivity contribution in [3.63, 3.8) is 0 Å². The molecule has 0 N–H and O–H groups in total. The Balaban J connectivity index is 1.99. The fraction of sp³-hybridized carbons (Fsp3) is 0.900. The van der Waals surface area contributed by atoms with Gasteiger partial charge in [-0.25, -0.2) is 0 Å². The van der Waals surface area contributed by atoms with Gasteiger partial charge in [0.05, 0.1) is 6.61 Å². The summed E-state index contributed by atoms with van der Waals surface area (Å²) in [6.07, 6.45) is 3.88. The number of esters is 1. The van der Waals surface area contributed by atoms with Crippen molar-refractivity contribution < 1.29 is 9.53 Å². The summed E-state index contributed by atoms with van der Waals surface area (Å²) in [5, 5.41) is 1.03. The van der Waals surface area contributed by atoms with Gasteiger partial charge in [-0.05, 0) is 24.7 Å². The molecule has 0 aromatic carbocycles. The van der Waals surface area contributed by atoms with Crippen molar-refractivity contribution in [1.82, 2.24) is 0 Å². The number of hydrogen-bond acceptors (Lipinski definition) is 2. The molecule has 1 saturated carbocycles. The van der Waals surface area contributed by atoms with Gasteiger partial charge in [0.2, 0.25) is 0 Å². The second kappa shape index (κ2) is 5.63. The van der Waals surface area contributed by atoms with E-state index in [-0.39, 0.29) is 5.97 Å². The minimum absolute atomic E-state index is 0.0121. The fourth-order valence-corrected chi connectivity index (χ4v) is 2.15. The third-order valence-electron chi connectivity index (χ3n) is 2.46. The molecule has 3 heteroatoms. The molecule has 0 bridgehead atoms. The second-order valence-electron chi connectivity index (χ2n) is 3.69. The van der Waals surface area contributed by atoms with E-state index in [1.807, 2.05) is 0 Å². The lowest BCUT2D eigenvalue weighted by atomic mass is 10.2. The van der Waals surface area contributed by atoms with E-state index in [0.29, 0.717) is 18.9 Å². The van der Waals surface area contributed by atoms with Crippen molar-refractivity contribution in [1.29, 1.82) is 0 Å². The SMILES string of the molecule is CCCCOC(=O)CC1CC1CBr. The van der Waals surface area contributed by atoms with Gasteiger partial charge in [0, 0.05) is 11.8 Å². The molecule has 13 heavy (non-hydrogen) atoms. The van der Waals surface area contributed by atoms with E-state index in [4.69, 9.17) is 4.74 Å². The highest BCUT2D eigenvalue weighted by molar-refractivity contribution is 9.09. The summed E-state index contributed by atoms with van der Waals surface area (Å²) in [4.78, 5) is 11.2. The van der Waals surface area contributed by atoms with Gasteiger partial charge in [0.1, 0.15) is 0 Å². The Kier molecular flexibility index (Phi) is 4.78. The highest BCUT2D eigenvalue weighted by Gasteiger charge is 2.37. The third-order valence-corrected chi connectivity index (χ3v) is 3.29. The summed E-state index contributed by atoms with van der Waals surface area (Å²) < 4.78 is 5.07. The monoisotopic (exact) mass is 248 g/mol. The number of carbonyl (C=O) groups is 1. The number of carbonyl (C=O) groups excluding carboxylic acids is 1. The first-order chi connectivity index (χ1) is 6.27. The molecule has 0 saturated heterocycles. The smallest absolute Gasteiger partial charge is 0.306 e. The van der Waals surface area contributed by atoms with Crippen LogP contribution in [0.4, 0.5) is 0 Å². The Labute approximate surface area is 88.2 Å². The Bertz CT molecular complexity index is 170. The number of halogens is 1. The van der Waals surface area contributed by atoms with Crippen LogP contribution in [0.2, 0.25) is 0 Å². The first-order valence-electron chi connectivity index (χ1n) is 4.99. The zero-order chi connectivity index (χ0) is 9.68. The van der Waals surface area contributed by atoms with Crippen molar-refractivity contribution in [3.8, 4) is 0 Å². The van der Waals surface area contributed by atoms with E-state index in [1.54, 1.807) is 0 Å². The summed E-state index contributed by atoms with van der Waals surface area (Å²) in [7, 11) is 0. The van der Waals surface area contributed by atoms with E-state index in [2.05, 4.69) is 22.9 Å². The highest BCUT2D eigenvalue weighted by atomic mass is 79.9. The van der Waals surface area contributed by atoms with Crippen molar-refractivity contribution in [2.75, 3.05) is 11.9 Å². The van der Waals surface area contributed by atoms with Gasteiger partial charge >= 0.3 is 5.97 Å². The zero-order valence-corrected chi connectivity index (χ0v) is 9.68. The van der Waals surface area contributed by atoms with E-state index < -0.39 is 0 Å². The summed E-state index contributed by atoms with van der Waals surface area (Å²) in [5.74, 6) is 1.30. The van der Waals surface area contributed by atoms with E-state index >= 15 is 0 Å². The number of rotatable bonds is 6. The van der Waals surface area contributed by atoms with Gasteiger partial charge in [-0.15, -0.1) is 0 Å². The summed E-state index contributed by atoms with van der Waals surface area (Å²) >= 11 is 3.42.